The molecule has 0 aromatic rings. The average Bonchev–Trinajstić information content (AvgIpc) is 3.29. The monoisotopic (exact) mass is 902 g/mol. The standard InChI is InChI=1S/C58H111NO5/c1-4-7-10-13-16-19-22-25-27-29-32-34-37-40-43-46-49-54(64-58(63)51-48-45-42-39-36-31-24-21-18-15-12-9-6-3)52-57(62)59-55(53-60)56(61)50-47-44-41-38-35-33-30-28-26-23-20-17-14-11-8-5-2/h31,36,42,45,54-56,60-61H,4-30,32-35,37-41,43-44,46-53H2,1-3H3,(H,59,62)/b36-31-,45-42+. The Balaban J connectivity index is 4.55. The molecule has 0 aliphatic heterocycles. The number of esters is 1. The third-order valence-corrected chi connectivity index (χ3v) is 13.3. The summed E-state index contributed by atoms with van der Waals surface area (Å²) in [6.45, 7) is 6.50. The molecule has 0 aliphatic carbocycles. The van der Waals surface area contributed by atoms with Crippen molar-refractivity contribution in [2.75, 3.05) is 6.61 Å². The number of carbonyl (C=O) groups is 2. The number of aliphatic hydroxyl groups excluding tert-OH is 2. The second kappa shape index (κ2) is 52.3. The van der Waals surface area contributed by atoms with Gasteiger partial charge in [0.15, 0.2) is 0 Å². The highest BCUT2D eigenvalue weighted by Crippen LogP contribution is 2.19. The molecular weight excluding hydrogens is 791 g/mol. The van der Waals surface area contributed by atoms with Crippen molar-refractivity contribution in [1.29, 1.82) is 0 Å². The predicted molar refractivity (Wildman–Crippen MR) is 278 cm³/mol. The molecular formula is C58H111NO5. The molecule has 3 unspecified atom stereocenters. The van der Waals surface area contributed by atoms with E-state index in [1.165, 1.54) is 218 Å². The molecule has 3 atom stereocenters. The molecule has 64 heavy (non-hydrogen) atoms. The topological polar surface area (TPSA) is 95.9 Å². The van der Waals surface area contributed by atoms with E-state index in [0.717, 1.165) is 38.5 Å². The highest BCUT2D eigenvalue weighted by Gasteiger charge is 2.24. The zero-order chi connectivity index (χ0) is 46.7. The maximum atomic E-state index is 13.2. The second-order valence-corrected chi connectivity index (χ2v) is 19.7. The van der Waals surface area contributed by atoms with Crippen molar-refractivity contribution in [3.05, 3.63) is 24.3 Å². The normalized spacial score (nSPS) is 13.3. The first-order valence-corrected chi connectivity index (χ1v) is 28.6. The zero-order valence-corrected chi connectivity index (χ0v) is 43.2. The van der Waals surface area contributed by atoms with Crippen LogP contribution in [-0.2, 0) is 14.3 Å². The molecule has 0 aromatic carbocycles. The van der Waals surface area contributed by atoms with Gasteiger partial charge in [0.05, 0.1) is 25.2 Å². The van der Waals surface area contributed by atoms with E-state index < -0.39 is 18.2 Å². The van der Waals surface area contributed by atoms with E-state index in [0.29, 0.717) is 25.7 Å². The Kier molecular flexibility index (Phi) is 51.0. The first-order valence-electron chi connectivity index (χ1n) is 28.6. The van der Waals surface area contributed by atoms with Crippen molar-refractivity contribution in [2.24, 2.45) is 0 Å². The third-order valence-electron chi connectivity index (χ3n) is 13.3. The molecule has 0 rings (SSSR count). The van der Waals surface area contributed by atoms with Crippen LogP contribution in [0.3, 0.4) is 0 Å². The lowest BCUT2D eigenvalue weighted by molar-refractivity contribution is -0.150. The van der Waals surface area contributed by atoms with Crippen LogP contribution in [0.15, 0.2) is 24.3 Å². The fourth-order valence-electron chi connectivity index (χ4n) is 8.96. The quantitative estimate of drug-likeness (QED) is 0.0321. The van der Waals surface area contributed by atoms with E-state index in [1.54, 1.807) is 0 Å². The van der Waals surface area contributed by atoms with Gasteiger partial charge in [0.2, 0.25) is 5.91 Å². The Bertz CT molecular complexity index is 1010. The van der Waals surface area contributed by atoms with Gasteiger partial charge in [-0.3, -0.25) is 9.59 Å². The van der Waals surface area contributed by atoms with Gasteiger partial charge in [-0.05, 0) is 44.9 Å². The molecule has 6 nitrogen and oxygen atoms in total. The van der Waals surface area contributed by atoms with Crippen LogP contribution in [0.4, 0.5) is 0 Å². The van der Waals surface area contributed by atoms with Gasteiger partial charge >= 0.3 is 5.97 Å². The Morgan fingerprint density at radius 1 is 0.453 bits per heavy atom. The number of amides is 1. The van der Waals surface area contributed by atoms with Gasteiger partial charge in [0.1, 0.15) is 6.10 Å². The molecule has 0 aliphatic rings. The summed E-state index contributed by atoms with van der Waals surface area (Å²) in [7, 11) is 0. The van der Waals surface area contributed by atoms with Crippen molar-refractivity contribution in [3.8, 4) is 0 Å². The summed E-state index contributed by atoms with van der Waals surface area (Å²) in [5.74, 6) is -0.535. The van der Waals surface area contributed by atoms with Gasteiger partial charge in [-0.25, -0.2) is 0 Å². The summed E-state index contributed by atoms with van der Waals surface area (Å²) in [5, 5.41) is 23.9. The van der Waals surface area contributed by atoms with Crippen LogP contribution in [0.5, 0.6) is 0 Å². The number of hydrogen-bond acceptors (Lipinski definition) is 5. The van der Waals surface area contributed by atoms with Crippen molar-refractivity contribution in [3.63, 3.8) is 0 Å². The molecule has 0 radical (unpaired) electrons. The van der Waals surface area contributed by atoms with Crippen LogP contribution in [0, 0.1) is 0 Å². The summed E-state index contributed by atoms with van der Waals surface area (Å²) in [6, 6.07) is -0.708. The molecule has 1 amide bonds. The van der Waals surface area contributed by atoms with Gasteiger partial charge in [0, 0.05) is 6.42 Å². The minimum Gasteiger partial charge on any atom is -0.462 e. The highest BCUT2D eigenvalue weighted by atomic mass is 16.5. The minimum absolute atomic E-state index is 0.0615. The lowest BCUT2D eigenvalue weighted by Gasteiger charge is -2.24. The molecule has 3 N–H and O–H groups in total. The van der Waals surface area contributed by atoms with E-state index in [9.17, 15) is 19.8 Å². The molecule has 6 heteroatoms. The maximum absolute atomic E-state index is 13.2. The van der Waals surface area contributed by atoms with Crippen LogP contribution in [0.25, 0.3) is 0 Å². The predicted octanol–water partition coefficient (Wildman–Crippen LogP) is 17.5. The first kappa shape index (κ1) is 62.3. The Morgan fingerprint density at radius 2 is 0.797 bits per heavy atom. The number of allylic oxidation sites excluding steroid dienone is 4. The van der Waals surface area contributed by atoms with E-state index in [-0.39, 0.29) is 24.9 Å². The van der Waals surface area contributed by atoms with Crippen LogP contribution >= 0.6 is 0 Å². The van der Waals surface area contributed by atoms with Crippen molar-refractivity contribution in [2.45, 2.75) is 328 Å². The molecule has 0 saturated carbocycles. The molecule has 0 spiro atoms. The lowest BCUT2D eigenvalue weighted by atomic mass is 10.0. The van der Waals surface area contributed by atoms with Gasteiger partial charge in [0.25, 0.3) is 0 Å². The number of unbranched alkanes of at least 4 members (excludes halogenated alkanes) is 36. The van der Waals surface area contributed by atoms with Crippen LogP contribution in [0.1, 0.15) is 310 Å². The van der Waals surface area contributed by atoms with E-state index in [2.05, 4.69) is 50.4 Å². The average molecular weight is 903 g/mol. The fourth-order valence-corrected chi connectivity index (χ4v) is 8.96. The van der Waals surface area contributed by atoms with Gasteiger partial charge in [-0.1, -0.05) is 276 Å². The molecule has 0 bridgehead atoms. The molecule has 0 heterocycles. The summed E-state index contributed by atoms with van der Waals surface area (Å²) in [6.07, 6.45) is 61.1. The summed E-state index contributed by atoms with van der Waals surface area (Å²) in [5.41, 5.74) is 0. The van der Waals surface area contributed by atoms with Crippen LogP contribution in [0.2, 0.25) is 0 Å². The first-order chi connectivity index (χ1) is 31.5. The number of carbonyl (C=O) groups excluding carboxylic acids is 2. The largest absolute Gasteiger partial charge is 0.462 e. The lowest BCUT2D eigenvalue weighted by Crippen LogP contribution is -2.46. The Morgan fingerprint density at radius 3 is 1.19 bits per heavy atom. The third kappa shape index (κ3) is 46.9. The van der Waals surface area contributed by atoms with Gasteiger partial charge < -0.3 is 20.3 Å². The maximum Gasteiger partial charge on any atom is 0.306 e. The second-order valence-electron chi connectivity index (χ2n) is 19.7. The molecule has 0 fully saturated rings. The Hall–Kier alpha value is -1.66. The van der Waals surface area contributed by atoms with Crippen molar-refractivity contribution >= 4 is 11.9 Å². The zero-order valence-electron chi connectivity index (χ0n) is 43.2. The summed E-state index contributed by atoms with van der Waals surface area (Å²) >= 11 is 0. The van der Waals surface area contributed by atoms with Crippen molar-refractivity contribution in [1.82, 2.24) is 5.32 Å². The number of nitrogens with one attached hydrogen (secondary N) is 1. The minimum atomic E-state index is -0.793. The molecule has 0 saturated heterocycles. The number of hydrogen-bond donors (Lipinski definition) is 3. The number of rotatable bonds is 52. The van der Waals surface area contributed by atoms with E-state index in [1.807, 2.05) is 0 Å². The fraction of sp³-hybridized carbons (Fsp3) is 0.897. The molecule has 0 aromatic heterocycles. The summed E-state index contributed by atoms with van der Waals surface area (Å²) < 4.78 is 5.92. The van der Waals surface area contributed by atoms with Crippen LogP contribution in [-0.4, -0.2) is 46.9 Å². The smallest absolute Gasteiger partial charge is 0.306 e. The highest BCUT2D eigenvalue weighted by molar-refractivity contribution is 5.77. The number of aliphatic hydroxyl groups is 2. The SMILES string of the molecule is CCCCCCCC/C=C\C/C=C/CCC(=O)OC(CCCCCCCCCCCCCCCCCC)CC(=O)NC(CO)C(O)CCCCCCCCCCCCCCCCCC. The van der Waals surface area contributed by atoms with E-state index >= 15 is 0 Å². The van der Waals surface area contributed by atoms with Gasteiger partial charge in [-0.2, -0.15) is 0 Å². The number of ether oxygens (including phenoxy) is 1. The Labute approximate surface area is 399 Å². The van der Waals surface area contributed by atoms with Gasteiger partial charge in [-0.15, -0.1) is 0 Å². The van der Waals surface area contributed by atoms with Crippen LogP contribution < -0.4 is 5.32 Å². The van der Waals surface area contributed by atoms with E-state index in [4.69, 9.17) is 4.74 Å². The van der Waals surface area contributed by atoms with Crippen molar-refractivity contribution < 1.29 is 24.5 Å². The summed E-state index contributed by atoms with van der Waals surface area (Å²) in [4.78, 5) is 26.2. The molecule has 378 valence electrons.